The Morgan fingerprint density at radius 3 is 2.84 bits per heavy atom. The number of carbonyl (C=O) groups is 1. The van der Waals surface area contributed by atoms with Crippen molar-refractivity contribution in [2.45, 2.75) is 50.6 Å². The Hall–Kier alpha value is -2.57. The summed E-state index contributed by atoms with van der Waals surface area (Å²) in [7, 11) is 0. The number of nitrogens with two attached hydrogens (primary N) is 1. The number of aromatic amines is 1. The monoisotopic (exact) mass is 455 g/mol. The molecule has 1 aromatic heterocycles. The molecule has 3 N–H and O–H groups in total. The van der Waals surface area contributed by atoms with Crippen molar-refractivity contribution in [2.75, 3.05) is 13.2 Å². The molecule has 1 amide bonds. The molecule has 3 aromatic rings. The molecule has 0 spiro atoms. The molecule has 1 atom stereocenters. The van der Waals surface area contributed by atoms with Crippen LogP contribution in [0.2, 0.25) is 5.02 Å². The number of fused-ring (bicyclic) bond motifs is 2. The zero-order valence-corrected chi connectivity index (χ0v) is 18.6. The van der Waals surface area contributed by atoms with Gasteiger partial charge in [-0.05, 0) is 74.5 Å². The molecule has 1 saturated carbocycles. The molecule has 168 valence electrons. The van der Waals surface area contributed by atoms with Crippen LogP contribution in [0, 0.1) is 5.82 Å². The largest absolute Gasteiger partial charge is 0.490 e. The molecule has 2 heterocycles. The average Bonchev–Trinajstić information content (AvgIpc) is 3.13. The summed E-state index contributed by atoms with van der Waals surface area (Å²) in [6.45, 7) is 1.46. The summed E-state index contributed by atoms with van der Waals surface area (Å²) in [5.74, 6) is -0.0751. The van der Waals surface area contributed by atoms with Gasteiger partial charge in [0.1, 0.15) is 18.2 Å². The lowest BCUT2D eigenvalue weighted by atomic mass is 9.87. The molecule has 2 aromatic carbocycles. The first-order valence-corrected chi connectivity index (χ1v) is 11.6. The Bertz CT molecular complexity index is 1160. The number of carbonyl (C=O) groups excluding carboxylic acids is 1. The van der Waals surface area contributed by atoms with Crippen LogP contribution < -0.4 is 10.5 Å². The Balaban J connectivity index is 1.32. The number of nitrogens with one attached hydrogen (secondary N) is 1. The number of benzene rings is 2. The molecule has 1 aliphatic carbocycles. The van der Waals surface area contributed by atoms with Crippen LogP contribution in [0.1, 0.15) is 47.2 Å². The highest BCUT2D eigenvalue weighted by atomic mass is 35.5. The smallest absolute Gasteiger partial charge is 0.249 e. The molecular weight excluding hydrogens is 429 g/mol. The third-order valence-corrected chi connectivity index (χ3v) is 7.24. The molecule has 5 rings (SSSR count). The first-order valence-electron chi connectivity index (χ1n) is 11.3. The van der Waals surface area contributed by atoms with E-state index in [1.807, 2.05) is 6.20 Å². The molecule has 5 nitrogen and oxygen atoms in total. The van der Waals surface area contributed by atoms with Crippen molar-refractivity contribution in [1.82, 2.24) is 9.88 Å². The molecule has 32 heavy (non-hydrogen) atoms. The summed E-state index contributed by atoms with van der Waals surface area (Å²) in [5.41, 5.74) is 9.03. The second kappa shape index (κ2) is 8.75. The van der Waals surface area contributed by atoms with Crippen molar-refractivity contribution >= 4 is 28.4 Å². The molecule has 1 aliphatic heterocycles. The van der Waals surface area contributed by atoms with Crippen molar-refractivity contribution in [2.24, 2.45) is 5.73 Å². The van der Waals surface area contributed by atoms with E-state index < -0.39 is 5.91 Å². The standard InChI is InChI=1S/C25H27ClFN3O2/c26-22-8-7-19(25(28)31)21-12-18(14-32-24(21)22)30(17-4-1-5-17)10-2-3-15-13-29-23-9-6-16(27)11-20(15)23/h6-9,11,13,17-18,29H,1-5,10,12,14H2,(H2,28,31)/t18-/m0/s1. The Morgan fingerprint density at radius 1 is 1.25 bits per heavy atom. The van der Waals surface area contributed by atoms with E-state index in [0.717, 1.165) is 41.4 Å². The van der Waals surface area contributed by atoms with E-state index in [1.165, 1.54) is 25.3 Å². The molecule has 0 bridgehead atoms. The normalized spacial score (nSPS) is 18.4. The molecule has 0 saturated heterocycles. The van der Waals surface area contributed by atoms with Crippen molar-refractivity contribution in [3.05, 3.63) is 64.1 Å². The van der Waals surface area contributed by atoms with Crippen LogP contribution in [0.5, 0.6) is 5.75 Å². The molecule has 0 unspecified atom stereocenters. The van der Waals surface area contributed by atoms with Gasteiger partial charge in [-0.25, -0.2) is 4.39 Å². The maximum absolute atomic E-state index is 13.7. The maximum Gasteiger partial charge on any atom is 0.249 e. The second-order valence-electron chi connectivity index (χ2n) is 8.87. The number of hydrogen-bond acceptors (Lipinski definition) is 3. The number of aromatic nitrogens is 1. The lowest BCUT2D eigenvalue weighted by molar-refractivity contribution is 0.0435. The molecule has 1 fully saturated rings. The third kappa shape index (κ3) is 3.97. The van der Waals surface area contributed by atoms with E-state index in [0.29, 0.717) is 35.4 Å². The van der Waals surface area contributed by atoms with E-state index in [2.05, 4.69) is 9.88 Å². The first-order chi connectivity index (χ1) is 15.5. The lowest BCUT2D eigenvalue weighted by Crippen LogP contribution is -2.51. The van der Waals surface area contributed by atoms with Crippen LogP contribution in [0.4, 0.5) is 4.39 Å². The van der Waals surface area contributed by atoms with E-state index in [9.17, 15) is 9.18 Å². The summed E-state index contributed by atoms with van der Waals surface area (Å²) in [4.78, 5) is 17.8. The van der Waals surface area contributed by atoms with Crippen molar-refractivity contribution in [1.29, 1.82) is 0 Å². The second-order valence-corrected chi connectivity index (χ2v) is 9.27. The Morgan fingerprint density at radius 2 is 2.09 bits per heavy atom. The van der Waals surface area contributed by atoms with Crippen molar-refractivity contribution in [3.8, 4) is 5.75 Å². The fourth-order valence-corrected chi connectivity index (χ4v) is 5.30. The van der Waals surface area contributed by atoms with E-state index in [-0.39, 0.29) is 11.9 Å². The van der Waals surface area contributed by atoms with Crippen molar-refractivity contribution < 1.29 is 13.9 Å². The number of nitrogens with zero attached hydrogens (tertiary/aromatic N) is 1. The molecule has 2 aliphatic rings. The zero-order chi connectivity index (χ0) is 22.2. The number of H-pyrrole nitrogens is 1. The molecule has 0 radical (unpaired) electrons. The van der Waals surface area contributed by atoms with Gasteiger partial charge in [0.05, 0.1) is 5.02 Å². The van der Waals surface area contributed by atoms with Crippen LogP contribution in [0.15, 0.2) is 36.5 Å². The number of hydrogen-bond donors (Lipinski definition) is 2. The SMILES string of the molecule is NC(=O)c1ccc(Cl)c2c1C[C@H](N(CCCc1c[nH]c3ccc(F)cc13)C1CCC1)CO2. The third-order valence-electron chi connectivity index (χ3n) is 6.94. The summed E-state index contributed by atoms with van der Waals surface area (Å²) in [6.07, 6.45) is 8.11. The van der Waals surface area contributed by atoms with Crippen LogP contribution in [0.3, 0.4) is 0 Å². The summed E-state index contributed by atoms with van der Waals surface area (Å²) in [5, 5.41) is 1.47. The number of amides is 1. The minimum Gasteiger partial charge on any atom is -0.490 e. The predicted octanol–water partition coefficient (Wildman–Crippen LogP) is 4.85. The minimum absolute atomic E-state index is 0.171. The summed E-state index contributed by atoms with van der Waals surface area (Å²) in [6, 6.07) is 8.94. The number of ether oxygens (including phenoxy) is 1. The Kier molecular flexibility index (Phi) is 5.82. The average molecular weight is 456 g/mol. The Labute approximate surface area is 191 Å². The van der Waals surface area contributed by atoms with Crippen LogP contribution >= 0.6 is 11.6 Å². The van der Waals surface area contributed by atoms with Gasteiger partial charge in [-0.1, -0.05) is 18.0 Å². The fraction of sp³-hybridized carbons (Fsp3) is 0.400. The fourth-order valence-electron chi connectivity index (χ4n) is 5.07. The van der Waals surface area contributed by atoms with Gasteiger partial charge in [0.15, 0.2) is 0 Å². The van der Waals surface area contributed by atoms with Gasteiger partial charge < -0.3 is 15.5 Å². The summed E-state index contributed by atoms with van der Waals surface area (Å²) < 4.78 is 19.8. The molecular formula is C25H27ClFN3O2. The van der Waals surface area contributed by atoms with Gasteiger partial charge in [0, 0.05) is 40.3 Å². The predicted molar refractivity (Wildman–Crippen MR) is 124 cm³/mol. The van der Waals surface area contributed by atoms with Crippen LogP contribution in [0.25, 0.3) is 10.9 Å². The lowest BCUT2D eigenvalue weighted by Gasteiger charge is -2.44. The first kappa shape index (κ1) is 21.3. The van der Waals surface area contributed by atoms with Gasteiger partial charge in [-0.2, -0.15) is 0 Å². The maximum atomic E-state index is 13.7. The number of rotatable bonds is 7. The van der Waals surface area contributed by atoms with E-state index >= 15 is 0 Å². The summed E-state index contributed by atoms with van der Waals surface area (Å²) >= 11 is 6.33. The number of halogens is 2. The number of primary amides is 1. The van der Waals surface area contributed by atoms with E-state index in [4.69, 9.17) is 22.1 Å². The van der Waals surface area contributed by atoms with Crippen LogP contribution in [-0.4, -0.2) is 41.0 Å². The molecule has 7 heteroatoms. The van der Waals surface area contributed by atoms with Gasteiger partial charge in [-0.15, -0.1) is 0 Å². The van der Waals surface area contributed by atoms with Gasteiger partial charge >= 0.3 is 0 Å². The minimum atomic E-state index is -0.455. The quantitative estimate of drug-likeness (QED) is 0.535. The van der Waals surface area contributed by atoms with Gasteiger partial charge in [0.25, 0.3) is 0 Å². The topological polar surface area (TPSA) is 71.4 Å². The highest BCUT2D eigenvalue weighted by molar-refractivity contribution is 6.32. The number of aryl methyl sites for hydroxylation is 1. The van der Waals surface area contributed by atoms with Gasteiger partial charge in [0.2, 0.25) is 5.91 Å². The van der Waals surface area contributed by atoms with Gasteiger partial charge in [-0.3, -0.25) is 9.69 Å². The zero-order valence-electron chi connectivity index (χ0n) is 17.9. The highest BCUT2D eigenvalue weighted by Gasteiger charge is 2.35. The van der Waals surface area contributed by atoms with Crippen molar-refractivity contribution in [3.63, 3.8) is 0 Å². The highest BCUT2D eigenvalue weighted by Crippen LogP contribution is 2.38. The van der Waals surface area contributed by atoms with E-state index in [1.54, 1.807) is 24.3 Å². The van der Waals surface area contributed by atoms with Crippen LogP contribution in [-0.2, 0) is 12.8 Å².